The second-order valence-corrected chi connectivity index (χ2v) is 6.04. The molecule has 0 N–H and O–H groups in total. The molecule has 46 valence electrons. The van der Waals surface area contributed by atoms with Crippen LogP contribution in [0.25, 0.3) is 0 Å². The minimum atomic E-state index is -0.931. The first-order chi connectivity index (χ1) is 3.91. The third kappa shape index (κ3) is 7.16. The molecule has 0 atom stereocenters. The molecule has 0 aliphatic carbocycles. The van der Waals surface area contributed by atoms with Gasteiger partial charge in [0.2, 0.25) is 0 Å². The molecular formula is C4H8Cl2OZn. The van der Waals surface area contributed by atoms with Gasteiger partial charge in [-0.15, -0.1) is 0 Å². The van der Waals surface area contributed by atoms with E-state index in [1.807, 2.05) is 0 Å². The van der Waals surface area contributed by atoms with Crippen LogP contribution in [-0.2, 0) is 19.9 Å². The minimum absolute atomic E-state index is 0.931. The topological polar surface area (TPSA) is 9.23 Å². The van der Waals surface area contributed by atoms with Crippen LogP contribution in [0.3, 0.4) is 0 Å². The molecule has 4 heteroatoms. The molecule has 0 saturated carbocycles. The molecule has 0 amide bonds. The van der Waals surface area contributed by atoms with E-state index in [1.54, 1.807) is 0 Å². The number of rotatable bonds is 0. The molecule has 1 rings (SSSR count). The second kappa shape index (κ2) is 8.16. The Labute approximate surface area is 65.4 Å². The normalized spacial score (nSPS) is 16.2. The fourth-order valence-corrected chi connectivity index (χ4v) is 0.510. The van der Waals surface area contributed by atoms with Crippen molar-refractivity contribution in [2.45, 2.75) is 12.8 Å². The van der Waals surface area contributed by atoms with E-state index in [0.29, 0.717) is 0 Å². The second-order valence-electron chi connectivity index (χ2n) is 1.42. The SMILES string of the molecule is C1CCOC1.[Cl][Zn][Cl]. The zero-order valence-corrected chi connectivity index (χ0v) is 9.18. The molecule has 1 aliphatic heterocycles. The Morgan fingerprint density at radius 2 is 1.50 bits per heavy atom. The summed E-state index contributed by atoms with van der Waals surface area (Å²) in [5, 5.41) is 0. The Hall–Kier alpha value is 1.16. The van der Waals surface area contributed by atoms with E-state index in [-0.39, 0.29) is 0 Å². The quantitative estimate of drug-likeness (QED) is 0.554. The number of halogens is 2. The van der Waals surface area contributed by atoms with E-state index in [4.69, 9.17) is 24.1 Å². The van der Waals surface area contributed by atoms with Crippen LogP contribution in [0, 0.1) is 0 Å². The number of hydrogen-bond acceptors (Lipinski definition) is 1. The number of hydrogen-bond donors (Lipinski definition) is 0. The van der Waals surface area contributed by atoms with Gasteiger partial charge < -0.3 is 4.74 Å². The van der Waals surface area contributed by atoms with Crippen LogP contribution in [0.1, 0.15) is 12.8 Å². The summed E-state index contributed by atoms with van der Waals surface area (Å²) in [6.45, 7) is 2.00. The van der Waals surface area contributed by atoms with E-state index in [9.17, 15) is 0 Å². The van der Waals surface area contributed by atoms with Crippen LogP contribution >= 0.6 is 19.4 Å². The van der Waals surface area contributed by atoms with Crippen molar-refractivity contribution in [1.29, 1.82) is 0 Å². The monoisotopic (exact) mass is 206 g/mol. The average Bonchev–Trinajstić information content (AvgIpc) is 2.17. The fourth-order valence-electron chi connectivity index (χ4n) is 0.510. The average molecular weight is 208 g/mol. The summed E-state index contributed by atoms with van der Waals surface area (Å²) in [5.74, 6) is 0. The van der Waals surface area contributed by atoms with Gasteiger partial charge >= 0.3 is 34.5 Å². The Morgan fingerprint density at radius 1 is 1.12 bits per heavy atom. The van der Waals surface area contributed by atoms with Crippen molar-refractivity contribution in [1.82, 2.24) is 0 Å². The first kappa shape index (κ1) is 9.16. The molecule has 0 aromatic rings. The molecule has 8 heavy (non-hydrogen) atoms. The first-order valence-electron chi connectivity index (χ1n) is 2.61. The summed E-state index contributed by atoms with van der Waals surface area (Å²) >= 11 is -0.931. The third-order valence-electron chi connectivity index (χ3n) is 0.827. The summed E-state index contributed by atoms with van der Waals surface area (Å²) in [6, 6.07) is 0. The van der Waals surface area contributed by atoms with Crippen LogP contribution < -0.4 is 0 Å². The van der Waals surface area contributed by atoms with Gasteiger partial charge in [0.1, 0.15) is 0 Å². The van der Waals surface area contributed by atoms with Gasteiger partial charge in [-0.25, -0.2) is 0 Å². The zero-order chi connectivity index (χ0) is 6.24. The van der Waals surface area contributed by atoms with E-state index < -0.39 is 15.1 Å². The van der Waals surface area contributed by atoms with Crippen molar-refractivity contribution in [2.75, 3.05) is 13.2 Å². The molecule has 0 aromatic heterocycles. The molecule has 1 heterocycles. The predicted octanol–water partition coefficient (Wildman–Crippen LogP) is 2.17. The van der Waals surface area contributed by atoms with Crippen molar-refractivity contribution in [3.05, 3.63) is 0 Å². The van der Waals surface area contributed by atoms with Gasteiger partial charge in [-0.1, -0.05) is 0 Å². The van der Waals surface area contributed by atoms with Crippen LogP contribution in [0.5, 0.6) is 0 Å². The maximum absolute atomic E-state index is 4.95. The molecule has 1 aliphatic rings. The molecule has 1 fully saturated rings. The van der Waals surface area contributed by atoms with E-state index in [0.717, 1.165) is 13.2 Å². The maximum atomic E-state index is 4.95. The summed E-state index contributed by atoms with van der Waals surface area (Å²) in [6.07, 6.45) is 2.56. The molecular weight excluding hydrogens is 200 g/mol. The van der Waals surface area contributed by atoms with Crippen molar-refractivity contribution < 1.29 is 19.9 Å². The van der Waals surface area contributed by atoms with Gasteiger partial charge in [-0.2, -0.15) is 0 Å². The molecule has 0 aromatic carbocycles. The summed E-state index contributed by atoms with van der Waals surface area (Å²) < 4.78 is 4.94. The molecule has 1 saturated heterocycles. The van der Waals surface area contributed by atoms with Gasteiger partial charge in [0, 0.05) is 13.2 Å². The van der Waals surface area contributed by atoms with Crippen LogP contribution in [0.4, 0.5) is 0 Å². The van der Waals surface area contributed by atoms with Gasteiger partial charge in [0.15, 0.2) is 0 Å². The van der Waals surface area contributed by atoms with Gasteiger partial charge in [0.25, 0.3) is 0 Å². The Morgan fingerprint density at radius 3 is 1.62 bits per heavy atom. The summed E-state index contributed by atoms with van der Waals surface area (Å²) in [5.41, 5.74) is 0. The van der Waals surface area contributed by atoms with Crippen molar-refractivity contribution in [2.24, 2.45) is 0 Å². The summed E-state index contributed by atoms with van der Waals surface area (Å²) in [4.78, 5) is 0. The molecule has 0 bridgehead atoms. The standard InChI is InChI=1S/C4H8O.2ClH.Zn/c1-2-4-5-3-1;;;/h1-4H2;2*1H;/q;;;+2/p-2. The van der Waals surface area contributed by atoms with Crippen LogP contribution in [-0.4, -0.2) is 13.2 Å². The Bertz CT molecular complexity index is 33.4. The molecule has 0 radical (unpaired) electrons. The van der Waals surface area contributed by atoms with Crippen LogP contribution in [0.2, 0.25) is 0 Å². The summed E-state index contributed by atoms with van der Waals surface area (Å²) in [7, 11) is 9.90. The molecule has 0 unspecified atom stereocenters. The van der Waals surface area contributed by atoms with Crippen molar-refractivity contribution in [3.63, 3.8) is 0 Å². The van der Waals surface area contributed by atoms with Gasteiger partial charge in [-0.05, 0) is 12.8 Å². The Balaban J connectivity index is 0.000000145. The Kier molecular flexibility index (Phi) is 9.35. The van der Waals surface area contributed by atoms with Crippen LogP contribution in [0.15, 0.2) is 0 Å². The number of ether oxygens (including phenoxy) is 1. The van der Waals surface area contributed by atoms with E-state index in [1.165, 1.54) is 12.8 Å². The third-order valence-corrected chi connectivity index (χ3v) is 0.827. The van der Waals surface area contributed by atoms with E-state index >= 15 is 0 Å². The fraction of sp³-hybridized carbons (Fsp3) is 1.00. The predicted molar refractivity (Wildman–Crippen MR) is 31.8 cm³/mol. The zero-order valence-electron chi connectivity index (χ0n) is 4.70. The van der Waals surface area contributed by atoms with Crippen molar-refractivity contribution in [3.8, 4) is 0 Å². The molecule has 1 nitrogen and oxygen atoms in total. The van der Waals surface area contributed by atoms with Gasteiger partial charge in [0.05, 0.1) is 0 Å². The first-order valence-corrected chi connectivity index (χ1v) is 10.4. The van der Waals surface area contributed by atoms with E-state index in [2.05, 4.69) is 0 Å². The molecule has 0 spiro atoms. The van der Waals surface area contributed by atoms with Gasteiger partial charge in [-0.3, -0.25) is 0 Å². The van der Waals surface area contributed by atoms with Crippen molar-refractivity contribution >= 4 is 19.4 Å².